The normalized spacial score (nSPS) is 16.3. The van der Waals surface area contributed by atoms with Crippen LogP contribution in [0, 0.1) is 0 Å². The molecule has 1 aliphatic heterocycles. The summed E-state index contributed by atoms with van der Waals surface area (Å²) in [4.78, 5) is 18.7. The molecule has 1 aromatic carbocycles. The first-order chi connectivity index (χ1) is 12.5. The minimum Gasteiger partial charge on any atom is -0.379 e. The number of hydrogen-bond donors (Lipinski definition) is 1. The van der Waals surface area contributed by atoms with Crippen molar-refractivity contribution in [3.05, 3.63) is 62.9 Å². The number of amides is 1. The molecular formula is C18H18Cl3N3O2. The van der Waals surface area contributed by atoms with Crippen molar-refractivity contribution < 1.29 is 9.53 Å². The number of morpholine rings is 1. The molecule has 8 heteroatoms. The zero-order valence-corrected chi connectivity index (χ0v) is 16.2. The number of rotatable bonds is 5. The molecule has 0 bridgehead atoms. The molecule has 5 nitrogen and oxygen atoms in total. The average Bonchev–Trinajstić information content (AvgIpc) is 2.66. The summed E-state index contributed by atoms with van der Waals surface area (Å²) in [7, 11) is 0. The van der Waals surface area contributed by atoms with E-state index < -0.39 is 0 Å². The molecule has 0 spiro atoms. The highest BCUT2D eigenvalue weighted by atomic mass is 35.5. The maximum absolute atomic E-state index is 12.5. The highest BCUT2D eigenvalue weighted by Gasteiger charge is 2.23. The van der Waals surface area contributed by atoms with Crippen LogP contribution in [0.3, 0.4) is 0 Å². The van der Waals surface area contributed by atoms with E-state index in [0.29, 0.717) is 30.3 Å². The summed E-state index contributed by atoms with van der Waals surface area (Å²) in [6.45, 7) is 3.40. The van der Waals surface area contributed by atoms with E-state index in [1.165, 1.54) is 12.3 Å². The Bertz CT molecular complexity index is 765. The van der Waals surface area contributed by atoms with Gasteiger partial charge in [-0.25, -0.2) is 4.98 Å². The minimum absolute atomic E-state index is 0.0239. The molecular weight excluding hydrogens is 397 g/mol. The summed E-state index contributed by atoms with van der Waals surface area (Å²) in [5.74, 6) is -0.247. The molecule has 1 N–H and O–H groups in total. The molecule has 0 saturated carbocycles. The first kappa shape index (κ1) is 19.4. The molecule has 0 radical (unpaired) electrons. The molecule has 2 heterocycles. The Balaban J connectivity index is 1.73. The molecule has 26 heavy (non-hydrogen) atoms. The SMILES string of the molecule is O=C(NCC(c1ccc(Cl)cc1)N1CCOCC1)c1cnc(Cl)c(Cl)c1. The van der Waals surface area contributed by atoms with Crippen molar-refractivity contribution in [1.29, 1.82) is 0 Å². The van der Waals surface area contributed by atoms with Crippen LogP contribution < -0.4 is 5.32 Å². The van der Waals surface area contributed by atoms with Gasteiger partial charge in [-0.15, -0.1) is 0 Å². The van der Waals surface area contributed by atoms with Gasteiger partial charge >= 0.3 is 0 Å². The number of nitrogens with zero attached hydrogens (tertiary/aromatic N) is 2. The van der Waals surface area contributed by atoms with Gasteiger partial charge in [0.15, 0.2) is 0 Å². The van der Waals surface area contributed by atoms with Crippen molar-refractivity contribution in [3.63, 3.8) is 0 Å². The largest absolute Gasteiger partial charge is 0.379 e. The van der Waals surface area contributed by atoms with Crippen LogP contribution in [0.1, 0.15) is 22.0 Å². The summed E-state index contributed by atoms with van der Waals surface area (Å²) < 4.78 is 5.44. The Hall–Kier alpha value is -1.37. The topological polar surface area (TPSA) is 54.5 Å². The van der Waals surface area contributed by atoms with E-state index in [0.717, 1.165) is 18.7 Å². The van der Waals surface area contributed by atoms with Crippen LogP contribution in [0.2, 0.25) is 15.2 Å². The van der Waals surface area contributed by atoms with Gasteiger partial charge in [0.2, 0.25) is 0 Å². The number of carbonyl (C=O) groups excluding carboxylic acids is 1. The quantitative estimate of drug-likeness (QED) is 0.755. The second-order valence-electron chi connectivity index (χ2n) is 5.92. The van der Waals surface area contributed by atoms with Crippen LogP contribution in [0.25, 0.3) is 0 Å². The summed E-state index contributed by atoms with van der Waals surface area (Å²) in [5.41, 5.74) is 1.46. The van der Waals surface area contributed by atoms with Crippen LogP contribution in [0.5, 0.6) is 0 Å². The van der Waals surface area contributed by atoms with Crippen molar-refractivity contribution in [3.8, 4) is 0 Å². The van der Waals surface area contributed by atoms with E-state index in [1.54, 1.807) is 0 Å². The van der Waals surface area contributed by atoms with Crippen molar-refractivity contribution in [2.75, 3.05) is 32.8 Å². The molecule has 1 amide bonds. The molecule has 1 aliphatic rings. The van der Waals surface area contributed by atoms with Gasteiger partial charge < -0.3 is 10.1 Å². The van der Waals surface area contributed by atoms with Crippen molar-refractivity contribution >= 4 is 40.7 Å². The number of aromatic nitrogens is 1. The Morgan fingerprint density at radius 3 is 2.54 bits per heavy atom. The zero-order chi connectivity index (χ0) is 18.5. The van der Waals surface area contributed by atoms with Gasteiger partial charge in [-0.3, -0.25) is 9.69 Å². The number of ether oxygens (including phenoxy) is 1. The second-order valence-corrected chi connectivity index (χ2v) is 7.12. The van der Waals surface area contributed by atoms with Gasteiger partial charge in [-0.05, 0) is 23.8 Å². The summed E-state index contributed by atoms with van der Waals surface area (Å²) in [6, 6.07) is 9.21. The van der Waals surface area contributed by atoms with E-state index in [1.807, 2.05) is 24.3 Å². The Morgan fingerprint density at radius 1 is 1.19 bits per heavy atom. The summed E-state index contributed by atoms with van der Waals surface area (Å²) >= 11 is 17.8. The number of pyridine rings is 1. The molecule has 1 saturated heterocycles. The van der Waals surface area contributed by atoms with Crippen molar-refractivity contribution in [2.45, 2.75) is 6.04 Å². The monoisotopic (exact) mass is 413 g/mol. The fourth-order valence-corrected chi connectivity index (χ4v) is 3.26. The van der Waals surface area contributed by atoms with Crippen molar-refractivity contribution in [1.82, 2.24) is 15.2 Å². The summed E-state index contributed by atoms with van der Waals surface area (Å²) in [5, 5.41) is 4.07. The average molecular weight is 415 g/mol. The van der Waals surface area contributed by atoms with Crippen LogP contribution in [-0.2, 0) is 4.74 Å². The van der Waals surface area contributed by atoms with Gasteiger partial charge in [0, 0.05) is 30.9 Å². The third-order valence-corrected chi connectivity index (χ3v) is 5.19. The predicted molar refractivity (Wildman–Crippen MR) is 103 cm³/mol. The maximum Gasteiger partial charge on any atom is 0.252 e. The molecule has 138 valence electrons. The number of halogens is 3. The lowest BCUT2D eigenvalue weighted by atomic mass is 10.0. The molecule has 2 aromatic rings. The smallest absolute Gasteiger partial charge is 0.252 e. The van der Waals surface area contributed by atoms with E-state index in [-0.39, 0.29) is 22.1 Å². The fraction of sp³-hybridized carbons (Fsp3) is 0.333. The standard InChI is InChI=1S/C18H18Cl3N3O2/c19-14-3-1-12(2-4-14)16(24-5-7-26-8-6-24)11-23-18(25)13-9-15(20)17(21)22-10-13/h1-4,9-10,16H,5-8,11H2,(H,23,25). The van der Waals surface area contributed by atoms with Gasteiger partial charge in [0.05, 0.1) is 29.8 Å². The third-order valence-electron chi connectivity index (χ3n) is 4.26. The fourth-order valence-electron chi connectivity index (χ4n) is 2.87. The van der Waals surface area contributed by atoms with Crippen LogP contribution in [0.15, 0.2) is 36.5 Å². The molecule has 1 atom stereocenters. The highest BCUT2D eigenvalue weighted by molar-refractivity contribution is 6.41. The lowest BCUT2D eigenvalue weighted by Crippen LogP contribution is -2.43. The predicted octanol–water partition coefficient (Wildman–Crippen LogP) is 3.85. The molecule has 0 aliphatic carbocycles. The van der Waals surface area contributed by atoms with E-state index in [4.69, 9.17) is 39.5 Å². The van der Waals surface area contributed by atoms with Crippen LogP contribution in [0.4, 0.5) is 0 Å². The van der Waals surface area contributed by atoms with Crippen LogP contribution in [-0.4, -0.2) is 48.6 Å². The number of carbonyl (C=O) groups is 1. The zero-order valence-electron chi connectivity index (χ0n) is 13.9. The maximum atomic E-state index is 12.5. The first-order valence-electron chi connectivity index (χ1n) is 8.21. The van der Waals surface area contributed by atoms with Gasteiger partial charge in [0.25, 0.3) is 5.91 Å². The van der Waals surface area contributed by atoms with Crippen LogP contribution >= 0.6 is 34.8 Å². The Kier molecular flexibility index (Phi) is 6.73. The molecule has 1 unspecified atom stereocenters. The molecule has 1 fully saturated rings. The number of nitrogens with one attached hydrogen (secondary N) is 1. The Labute approximate surface area is 167 Å². The number of hydrogen-bond acceptors (Lipinski definition) is 4. The third kappa shape index (κ3) is 4.87. The van der Waals surface area contributed by atoms with Gasteiger partial charge in [-0.2, -0.15) is 0 Å². The Morgan fingerprint density at radius 2 is 1.88 bits per heavy atom. The lowest BCUT2D eigenvalue weighted by Gasteiger charge is -2.35. The molecule has 1 aromatic heterocycles. The number of benzene rings is 1. The minimum atomic E-state index is -0.247. The summed E-state index contributed by atoms with van der Waals surface area (Å²) in [6.07, 6.45) is 1.41. The van der Waals surface area contributed by atoms with E-state index in [9.17, 15) is 4.79 Å². The highest BCUT2D eigenvalue weighted by Crippen LogP contribution is 2.24. The lowest BCUT2D eigenvalue weighted by molar-refractivity contribution is 0.0162. The second kappa shape index (κ2) is 9.02. The van der Waals surface area contributed by atoms with Gasteiger partial charge in [0.1, 0.15) is 5.15 Å². The van der Waals surface area contributed by atoms with E-state index >= 15 is 0 Å². The van der Waals surface area contributed by atoms with Gasteiger partial charge in [-0.1, -0.05) is 46.9 Å². The van der Waals surface area contributed by atoms with Crippen molar-refractivity contribution in [2.24, 2.45) is 0 Å². The first-order valence-corrected chi connectivity index (χ1v) is 9.34. The van der Waals surface area contributed by atoms with E-state index in [2.05, 4.69) is 15.2 Å². The molecule has 3 rings (SSSR count).